The second kappa shape index (κ2) is 10.4. The predicted octanol–water partition coefficient (Wildman–Crippen LogP) is 0.139. The molecule has 1 saturated heterocycles. The van der Waals surface area contributed by atoms with Gasteiger partial charge in [0.1, 0.15) is 0 Å². The molecule has 1 amide bonds. The number of hydrogen-bond acceptors (Lipinski definition) is 5. The van der Waals surface area contributed by atoms with Crippen LogP contribution in [-0.4, -0.2) is 67.2 Å². The van der Waals surface area contributed by atoms with Crippen LogP contribution in [0.5, 0.6) is 0 Å². The third kappa shape index (κ3) is 7.49. The van der Waals surface area contributed by atoms with E-state index in [0.29, 0.717) is 25.5 Å². The summed E-state index contributed by atoms with van der Waals surface area (Å²) in [6.07, 6.45) is 1.64. The zero-order valence-corrected chi connectivity index (χ0v) is 17.8. The first kappa shape index (κ1) is 22.2. The molecule has 0 saturated carbocycles. The first-order valence-electron chi connectivity index (χ1n) is 9.82. The summed E-state index contributed by atoms with van der Waals surface area (Å²) >= 11 is 0. The zero-order chi connectivity index (χ0) is 20.6. The van der Waals surface area contributed by atoms with E-state index in [1.54, 1.807) is 0 Å². The third-order valence-electron chi connectivity index (χ3n) is 4.49. The maximum Gasteiger partial charge on any atom is 0.222 e. The minimum absolute atomic E-state index is 0.0471. The van der Waals surface area contributed by atoms with Crippen molar-refractivity contribution < 1.29 is 13.2 Å². The van der Waals surface area contributed by atoms with Crippen molar-refractivity contribution in [3.8, 4) is 0 Å². The molecule has 0 bridgehead atoms. The Kier molecular flexibility index (Phi) is 8.28. The van der Waals surface area contributed by atoms with Gasteiger partial charge in [-0.1, -0.05) is 0 Å². The second-order valence-corrected chi connectivity index (χ2v) is 9.34. The average Bonchev–Trinajstić information content (AvgIpc) is 3.11. The van der Waals surface area contributed by atoms with Gasteiger partial charge in [0, 0.05) is 44.3 Å². The van der Waals surface area contributed by atoms with Crippen molar-refractivity contribution in [1.82, 2.24) is 25.7 Å². The Bertz CT molecular complexity index is 787. The van der Waals surface area contributed by atoms with Crippen molar-refractivity contribution in [2.45, 2.75) is 52.6 Å². The highest BCUT2D eigenvalue weighted by Gasteiger charge is 2.28. The lowest BCUT2D eigenvalue weighted by Gasteiger charge is -2.13. The fourth-order valence-corrected chi connectivity index (χ4v) is 4.83. The smallest absolute Gasteiger partial charge is 0.222 e. The Morgan fingerprint density at radius 2 is 2.14 bits per heavy atom. The maximum atomic E-state index is 12.0. The van der Waals surface area contributed by atoms with Gasteiger partial charge in [-0.2, -0.15) is 5.10 Å². The van der Waals surface area contributed by atoms with Gasteiger partial charge in [0.05, 0.1) is 17.2 Å². The van der Waals surface area contributed by atoms with Crippen LogP contribution in [-0.2, 0) is 21.2 Å². The fraction of sp³-hybridized carbons (Fsp3) is 0.722. The quantitative estimate of drug-likeness (QED) is 0.302. The van der Waals surface area contributed by atoms with E-state index in [2.05, 4.69) is 32.1 Å². The lowest BCUT2D eigenvalue weighted by molar-refractivity contribution is -0.121. The van der Waals surface area contributed by atoms with Crippen LogP contribution in [0.3, 0.4) is 0 Å². The SMILES string of the molecule is CCNC(=NCCCn1nc(C)cc1C)NCCC(=O)NC1CCS(=O)(=O)C1. The van der Waals surface area contributed by atoms with E-state index in [1.807, 2.05) is 25.5 Å². The molecule has 3 N–H and O–H groups in total. The number of nitrogens with one attached hydrogen (secondary N) is 3. The molecule has 1 unspecified atom stereocenters. The number of carbonyl (C=O) groups is 1. The van der Waals surface area contributed by atoms with Crippen molar-refractivity contribution in [3.05, 3.63) is 17.5 Å². The summed E-state index contributed by atoms with van der Waals surface area (Å²) in [6.45, 7) is 8.65. The summed E-state index contributed by atoms with van der Waals surface area (Å²) < 4.78 is 24.9. The Balaban J connectivity index is 1.69. The molecule has 1 aliphatic rings. The molecule has 2 rings (SSSR count). The van der Waals surface area contributed by atoms with Crippen molar-refractivity contribution in [1.29, 1.82) is 0 Å². The molecule has 0 aromatic carbocycles. The van der Waals surface area contributed by atoms with E-state index in [1.165, 1.54) is 0 Å². The number of nitrogens with zero attached hydrogens (tertiary/aromatic N) is 3. The molecule has 1 fully saturated rings. The summed E-state index contributed by atoms with van der Waals surface area (Å²) in [6, 6.07) is 1.80. The van der Waals surface area contributed by atoms with Gasteiger partial charge in [-0.25, -0.2) is 8.42 Å². The summed E-state index contributed by atoms with van der Waals surface area (Å²) in [7, 11) is -2.98. The molecule has 28 heavy (non-hydrogen) atoms. The molecular formula is C18H32N6O3S. The molecule has 9 nitrogen and oxygen atoms in total. The van der Waals surface area contributed by atoms with Gasteiger partial charge in [0.25, 0.3) is 0 Å². The van der Waals surface area contributed by atoms with Crippen LogP contribution in [0.25, 0.3) is 0 Å². The van der Waals surface area contributed by atoms with Crippen LogP contribution in [0.1, 0.15) is 37.6 Å². The van der Waals surface area contributed by atoms with Gasteiger partial charge in [0.15, 0.2) is 15.8 Å². The number of guanidine groups is 1. The van der Waals surface area contributed by atoms with Crippen molar-refractivity contribution >= 4 is 21.7 Å². The number of hydrogen-bond donors (Lipinski definition) is 3. The number of amides is 1. The highest BCUT2D eigenvalue weighted by molar-refractivity contribution is 7.91. The predicted molar refractivity (Wildman–Crippen MR) is 110 cm³/mol. The van der Waals surface area contributed by atoms with Crippen LogP contribution in [0.4, 0.5) is 0 Å². The summed E-state index contributed by atoms with van der Waals surface area (Å²) in [4.78, 5) is 16.5. The van der Waals surface area contributed by atoms with Gasteiger partial charge >= 0.3 is 0 Å². The minimum Gasteiger partial charge on any atom is -0.357 e. The number of aromatic nitrogens is 2. The number of rotatable bonds is 9. The maximum absolute atomic E-state index is 12.0. The highest BCUT2D eigenvalue weighted by Crippen LogP contribution is 2.11. The van der Waals surface area contributed by atoms with E-state index >= 15 is 0 Å². The number of sulfone groups is 1. The van der Waals surface area contributed by atoms with Gasteiger partial charge < -0.3 is 16.0 Å². The van der Waals surface area contributed by atoms with E-state index in [9.17, 15) is 13.2 Å². The monoisotopic (exact) mass is 412 g/mol. The van der Waals surface area contributed by atoms with Crippen molar-refractivity contribution in [2.75, 3.05) is 31.1 Å². The molecule has 0 spiro atoms. The molecule has 1 aromatic rings. The van der Waals surface area contributed by atoms with Crippen LogP contribution < -0.4 is 16.0 Å². The summed E-state index contributed by atoms with van der Waals surface area (Å²) in [5, 5.41) is 13.5. The molecule has 2 heterocycles. The molecule has 0 aliphatic carbocycles. The molecule has 1 aliphatic heterocycles. The van der Waals surface area contributed by atoms with Gasteiger partial charge in [-0.15, -0.1) is 0 Å². The standard InChI is InChI=1S/C18H32N6O3S/c1-4-19-18(20-8-5-10-24-15(3)12-14(2)23-24)21-9-6-17(25)22-16-7-11-28(26,27)13-16/h12,16H,4-11,13H2,1-3H3,(H,22,25)(H2,19,20,21). The lowest BCUT2D eigenvalue weighted by atomic mass is 10.2. The molecular weight excluding hydrogens is 380 g/mol. The van der Waals surface area contributed by atoms with Gasteiger partial charge in [-0.05, 0) is 39.7 Å². The first-order valence-corrected chi connectivity index (χ1v) is 11.6. The number of aliphatic imine (C=N–C) groups is 1. The minimum atomic E-state index is -2.98. The van der Waals surface area contributed by atoms with E-state index in [-0.39, 0.29) is 29.9 Å². The molecule has 1 atom stereocenters. The van der Waals surface area contributed by atoms with Crippen LogP contribution in [0, 0.1) is 13.8 Å². The molecule has 1 aromatic heterocycles. The number of aryl methyl sites for hydroxylation is 3. The second-order valence-electron chi connectivity index (χ2n) is 7.11. The van der Waals surface area contributed by atoms with Gasteiger partial charge in [-0.3, -0.25) is 14.5 Å². The van der Waals surface area contributed by atoms with E-state index < -0.39 is 9.84 Å². The van der Waals surface area contributed by atoms with Crippen LogP contribution >= 0.6 is 0 Å². The Morgan fingerprint density at radius 3 is 2.75 bits per heavy atom. The zero-order valence-electron chi connectivity index (χ0n) is 17.0. The van der Waals surface area contributed by atoms with Crippen LogP contribution in [0.15, 0.2) is 11.1 Å². The van der Waals surface area contributed by atoms with Crippen molar-refractivity contribution in [3.63, 3.8) is 0 Å². The Morgan fingerprint density at radius 1 is 1.36 bits per heavy atom. The third-order valence-corrected chi connectivity index (χ3v) is 6.26. The van der Waals surface area contributed by atoms with E-state index in [0.717, 1.165) is 30.9 Å². The Hall–Kier alpha value is -2.10. The highest BCUT2D eigenvalue weighted by atomic mass is 32.2. The average molecular weight is 413 g/mol. The van der Waals surface area contributed by atoms with Gasteiger partial charge in [0.2, 0.25) is 5.91 Å². The first-order chi connectivity index (χ1) is 13.3. The summed E-state index contributed by atoms with van der Waals surface area (Å²) in [5.41, 5.74) is 2.16. The number of carbonyl (C=O) groups excluding carboxylic acids is 1. The Labute approximate surface area is 167 Å². The molecule has 158 valence electrons. The van der Waals surface area contributed by atoms with E-state index in [4.69, 9.17) is 0 Å². The molecule has 0 radical (unpaired) electrons. The fourth-order valence-electron chi connectivity index (χ4n) is 3.16. The van der Waals surface area contributed by atoms with Crippen LogP contribution in [0.2, 0.25) is 0 Å². The summed E-state index contributed by atoms with van der Waals surface area (Å²) in [5.74, 6) is 0.735. The van der Waals surface area contributed by atoms with Crippen molar-refractivity contribution in [2.24, 2.45) is 4.99 Å². The lowest BCUT2D eigenvalue weighted by Crippen LogP contribution is -2.41. The topological polar surface area (TPSA) is 117 Å². The largest absolute Gasteiger partial charge is 0.357 e. The molecule has 10 heteroatoms. The normalized spacial score (nSPS) is 18.8.